The van der Waals surface area contributed by atoms with Gasteiger partial charge in [0.25, 0.3) is 5.91 Å². The van der Waals surface area contributed by atoms with Crippen LogP contribution in [0.5, 0.6) is 0 Å². The van der Waals surface area contributed by atoms with Crippen molar-refractivity contribution < 1.29 is 14.7 Å². The van der Waals surface area contributed by atoms with Crippen LogP contribution in [0.15, 0.2) is 18.2 Å². The number of carbonyl (C=O) groups is 2. The molecule has 1 amide bonds. The largest absolute Gasteiger partial charge is 0.480 e. The minimum Gasteiger partial charge on any atom is -0.480 e. The van der Waals surface area contributed by atoms with Gasteiger partial charge in [-0.15, -0.1) is 11.8 Å². The molecule has 0 spiro atoms. The molecule has 20 heavy (non-hydrogen) atoms. The Morgan fingerprint density at radius 3 is 2.80 bits per heavy atom. The lowest BCUT2D eigenvalue weighted by Gasteiger charge is -2.26. The highest BCUT2D eigenvalue weighted by atomic mass is 35.5. The van der Waals surface area contributed by atoms with Gasteiger partial charge in [0.2, 0.25) is 0 Å². The zero-order chi connectivity index (χ0) is 14.9. The summed E-state index contributed by atoms with van der Waals surface area (Å²) >= 11 is 7.40. The van der Waals surface area contributed by atoms with E-state index < -0.39 is 12.0 Å². The van der Waals surface area contributed by atoms with Crippen molar-refractivity contribution in [1.82, 2.24) is 4.90 Å². The van der Waals surface area contributed by atoms with Gasteiger partial charge in [0, 0.05) is 11.3 Å². The van der Waals surface area contributed by atoms with Crippen molar-refractivity contribution in [2.75, 3.05) is 11.5 Å². The first-order chi connectivity index (χ1) is 9.45. The first-order valence-corrected chi connectivity index (χ1v) is 7.60. The average Bonchev–Trinajstić information content (AvgIpc) is 2.85. The van der Waals surface area contributed by atoms with E-state index in [1.54, 1.807) is 12.1 Å². The summed E-state index contributed by atoms with van der Waals surface area (Å²) in [6, 6.07) is 3.80. The van der Waals surface area contributed by atoms with Crippen molar-refractivity contribution in [3.63, 3.8) is 0 Å². The summed E-state index contributed by atoms with van der Waals surface area (Å²) in [6.45, 7) is 1.93. The van der Waals surface area contributed by atoms with Crippen LogP contribution in [0.4, 0.5) is 5.69 Å². The van der Waals surface area contributed by atoms with Crippen LogP contribution < -0.4 is 5.73 Å². The highest BCUT2D eigenvalue weighted by molar-refractivity contribution is 8.00. The molecule has 2 atom stereocenters. The summed E-state index contributed by atoms with van der Waals surface area (Å²) in [6.07, 6.45) is 0.697. The minimum atomic E-state index is -0.983. The molecule has 1 aliphatic heterocycles. The van der Waals surface area contributed by atoms with E-state index in [2.05, 4.69) is 0 Å². The number of aliphatic carboxylic acids is 1. The Labute approximate surface area is 126 Å². The molecule has 5 nitrogen and oxygen atoms in total. The van der Waals surface area contributed by atoms with Gasteiger partial charge in [-0.1, -0.05) is 18.5 Å². The second-order valence-electron chi connectivity index (χ2n) is 4.50. The zero-order valence-corrected chi connectivity index (χ0v) is 12.4. The molecule has 2 unspecified atom stereocenters. The number of thioether (sulfide) groups is 1. The quantitative estimate of drug-likeness (QED) is 0.836. The Balaban J connectivity index is 2.33. The molecule has 3 N–H and O–H groups in total. The van der Waals surface area contributed by atoms with Crippen molar-refractivity contribution >= 4 is 40.9 Å². The van der Waals surface area contributed by atoms with Crippen LogP contribution in [-0.4, -0.2) is 39.1 Å². The summed E-state index contributed by atoms with van der Waals surface area (Å²) in [5.41, 5.74) is 6.36. The number of carboxylic acid groups (broad SMARTS) is 1. The third kappa shape index (κ3) is 2.71. The van der Waals surface area contributed by atoms with Crippen LogP contribution >= 0.6 is 23.4 Å². The Hall–Kier alpha value is -1.40. The number of amides is 1. The number of rotatable bonds is 3. The lowest BCUT2D eigenvalue weighted by Crippen LogP contribution is -2.45. The summed E-state index contributed by atoms with van der Waals surface area (Å²) in [4.78, 5) is 25.2. The van der Waals surface area contributed by atoms with E-state index in [9.17, 15) is 14.7 Å². The van der Waals surface area contributed by atoms with Crippen LogP contribution in [0.25, 0.3) is 0 Å². The van der Waals surface area contributed by atoms with Crippen LogP contribution in [-0.2, 0) is 4.79 Å². The molecule has 0 saturated carbocycles. The summed E-state index contributed by atoms with van der Waals surface area (Å²) in [5, 5.41) is 9.41. The number of nitrogens with two attached hydrogens (primary N) is 1. The molecule has 0 aromatic heterocycles. The van der Waals surface area contributed by atoms with Crippen molar-refractivity contribution in [1.29, 1.82) is 0 Å². The normalized spacial score (nSPS) is 22.0. The van der Waals surface area contributed by atoms with E-state index in [4.69, 9.17) is 17.3 Å². The minimum absolute atomic E-state index is 0.125. The molecule has 0 radical (unpaired) electrons. The Morgan fingerprint density at radius 1 is 1.55 bits per heavy atom. The number of carbonyl (C=O) groups excluding carboxylic acids is 1. The molecule has 1 aromatic rings. The monoisotopic (exact) mass is 314 g/mol. The molecule has 1 aromatic carbocycles. The van der Waals surface area contributed by atoms with Gasteiger partial charge >= 0.3 is 5.97 Å². The predicted octanol–water partition coefficient (Wildman–Crippen LogP) is 2.30. The first kappa shape index (κ1) is 15.0. The van der Waals surface area contributed by atoms with Gasteiger partial charge in [-0.05, 0) is 24.6 Å². The fourth-order valence-electron chi connectivity index (χ4n) is 2.15. The van der Waals surface area contributed by atoms with E-state index in [1.165, 1.54) is 22.7 Å². The molecular weight excluding hydrogens is 300 g/mol. The molecule has 7 heteroatoms. The predicted molar refractivity (Wildman–Crippen MR) is 80.0 cm³/mol. The highest BCUT2D eigenvalue weighted by Gasteiger charge is 2.41. The molecule has 1 saturated heterocycles. The van der Waals surface area contributed by atoms with E-state index in [0.717, 1.165) is 0 Å². The van der Waals surface area contributed by atoms with Crippen molar-refractivity contribution in [3.8, 4) is 0 Å². The second-order valence-corrected chi connectivity index (χ2v) is 6.12. The molecule has 0 aliphatic carbocycles. The molecule has 2 rings (SSSR count). The van der Waals surface area contributed by atoms with E-state index in [0.29, 0.717) is 28.4 Å². The van der Waals surface area contributed by atoms with Gasteiger partial charge in [-0.3, -0.25) is 4.79 Å². The number of anilines is 1. The van der Waals surface area contributed by atoms with E-state index >= 15 is 0 Å². The van der Waals surface area contributed by atoms with Crippen LogP contribution in [0.2, 0.25) is 5.02 Å². The lowest BCUT2D eigenvalue weighted by molar-refractivity contribution is -0.141. The van der Waals surface area contributed by atoms with Crippen LogP contribution in [0.1, 0.15) is 23.7 Å². The molecule has 1 fully saturated rings. The molecule has 108 valence electrons. The summed E-state index contributed by atoms with van der Waals surface area (Å²) < 4.78 is 0. The smallest absolute Gasteiger partial charge is 0.327 e. The van der Waals surface area contributed by atoms with Gasteiger partial charge in [0.1, 0.15) is 6.04 Å². The fraction of sp³-hybridized carbons (Fsp3) is 0.385. The molecule has 1 heterocycles. The SMILES string of the molecule is CCC1SCC(C(=O)O)N1C(=O)c1ccc(N)c(Cl)c1. The number of halogens is 1. The number of benzene rings is 1. The van der Waals surface area contributed by atoms with Gasteiger partial charge in [-0.25, -0.2) is 4.79 Å². The molecular formula is C13H15ClN2O3S. The Kier molecular flexibility index (Phi) is 4.45. The maximum Gasteiger partial charge on any atom is 0.327 e. The Bertz CT molecular complexity index is 552. The van der Waals surface area contributed by atoms with Gasteiger partial charge < -0.3 is 15.7 Å². The summed E-state index contributed by atoms with van der Waals surface area (Å²) in [5.74, 6) is -0.901. The second kappa shape index (κ2) is 5.93. The standard InChI is InChI=1S/C13H15ClN2O3S/c1-2-11-16(10(6-20-11)13(18)19)12(17)7-3-4-9(15)8(14)5-7/h3-5,10-11H,2,6,15H2,1H3,(H,18,19). The highest BCUT2D eigenvalue weighted by Crippen LogP contribution is 2.33. The number of nitrogen functional groups attached to an aromatic ring is 1. The molecule has 1 aliphatic rings. The topological polar surface area (TPSA) is 83.6 Å². The molecule has 0 bridgehead atoms. The summed E-state index contributed by atoms with van der Waals surface area (Å²) in [7, 11) is 0. The number of carboxylic acids is 1. The zero-order valence-electron chi connectivity index (χ0n) is 10.9. The number of hydrogen-bond donors (Lipinski definition) is 2. The Morgan fingerprint density at radius 2 is 2.25 bits per heavy atom. The van der Waals surface area contributed by atoms with Crippen molar-refractivity contribution in [2.24, 2.45) is 0 Å². The lowest BCUT2D eigenvalue weighted by atomic mass is 10.1. The number of hydrogen-bond acceptors (Lipinski definition) is 4. The van der Waals surface area contributed by atoms with Crippen LogP contribution in [0, 0.1) is 0 Å². The van der Waals surface area contributed by atoms with E-state index in [-0.39, 0.29) is 11.3 Å². The van der Waals surface area contributed by atoms with Gasteiger partial charge in [0.15, 0.2) is 0 Å². The maximum atomic E-state index is 12.5. The third-order valence-electron chi connectivity index (χ3n) is 3.21. The first-order valence-electron chi connectivity index (χ1n) is 6.17. The van der Waals surface area contributed by atoms with Gasteiger partial charge in [0.05, 0.1) is 16.1 Å². The fourth-order valence-corrected chi connectivity index (χ4v) is 3.68. The van der Waals surface area contributed by atoms with E-state index in [1.807, 2.05) is 6.92 Å². The van der Waals surface area contributed by atoms with Crippen molar-refractivity contribution in [3.05, 3.63) is 28.8 Å². The van der Waals surface area contributed by atoms with Gasteiger partial charge in [-0.2, -0.15) is 0 Å². The van der Waals surface area contributed by atoms with Crippen molar-refractivity contribution in [2.45, 2.75) is 24.8 Å². The van der Waals surface area contributed by atoms with Crippen LogP contribution in [0.3, 0.4) is 0 Å². The maximum absolute atomic E-state index is 12.5. The average molecular weight is 315 g/mol. The third-order valence-corrected chi connectivity index (χ3v) is 4.99. The number of nitrogens with zero attached hydrogens (tertiary/aromatic N) is 1.